The Morgan fingerprint density at radius 1 is 0.939 bits per heavy atom. The molecule has 0 aliphatic carbocycles. The third-order valence-corrected chi connectivity index (χ3v) is 5.16. The highest BCUT2D eigenvalue weighted by Gasteiger charge is 2.09. The van der Waals surface area contributed by atoms with Crippen molar-refractivity contribution < 1.29 is 14.3 Å². The molecule has 0 saturated carbocycles. The zero-order valence-corrected chi connectivity index (χ0v) is 20.1. The van der Waals surface area contributed by atoms with Crippen LogP contribution in [0.4, 0.5) is 5.69 Å². The van der Waals surface area contributed by atoms with E-state index in [9.17, 15) is 4.79 Å². The molecule has 3 rings (SSSR count). The molecule has 0 unspecified atom stereocenters. The van der Waals surface area contributed by atoms with E-state index in [2.05, 4.69) is 24.5 Å². The van der Waals surface area contributed by atoms with Gasteiger partial charge in [0.15, 0.2) is 11.5 Å². The minimum Gasteiger partial charge on any atom is -0.490 e. The lowest BCUT2D eigenvalue weighted by Crippen LogP contribution is -2.27. The molecule has 0 aliphatic rings. The van der Waals surface area contributed by atoms with E-state index in [1.54, 1.807) is 0 Å². The number of ether oxygens (including phenoxy) is 2. The van der Waals surface area contributed by atoms with Gasteiger partial charge >= 0.3 is 0 Å². The van der Waals surface area contributed by atoms with Crippen molar-refractivity contribution in [3.8, 4) is 11.5 Å². The monoisotopic (exact) mass is 466 g/mol. The predicted octanol–water partition coefficient (Wildman–Crippen LogP) is 6.32. The van der Waals surface area contributed by atoms with Crippen molar-refractivity contribution >= 4 is 23.2 Å². The van der Waals surface area contributed by atoms with Crippen LogP contribution in [0.3, 0.4) is 0 Å². The summed E-state index contributed by atoms with van der Waals surface area (Å²) in [6, 6.07) is 21.0. The molecule has 0 radical (unpaired) electrons. The third-order valence-electron chi connectivity index (χ3n) is 4.91. The second kappa shape index (κ2) is 12.2. The summed E-state index contributed by atoms with van der Waals surface area (Å²) in [4.78, 5) is 12.3. The first kappa shape index (κ1) is 24.5. The summed E-state index contributed by atoms with van der Waals surface area (Å²) in [5.74, 6) is 1.74. The van der Waals surface area contributed by atoms with E-state index >= 15 is 0 Å². The number of hydrogen-bond donors (Lipinski definition) is 2. The molecule has 6 heteroatoms. The molecule has 0 aliphatic heterocycles. The molecule has 0 saturated heterocycles. The normalized spacial score (nSPS) is 10.7. The standard InChI is InChI=1S/C27H31ClN2O3/c1-4-32-26-14-21(10-13-25(26)33-18-20-8-11-23(28)12-9-20)17-29-24-7-5-6-22(15-24)27(31)30-16-19(2)3/h5-15,19,29H,4,16-18H2,1-3H3,(H,30,31). The Morgan fingerprint density at radius 2 is 1.70 bits per heavy atom. The van der Waals surface area contributed by atoms with Gasteiger partial charge in [0.2, 0.25) is 0 Å². The maximum atomic E-state index is 12.3. The highest BCUT2D eigenvalue weighted by atomic mass is 35.5. The number of carbonyl (C=O) groups excluding carboxylic acids is 1. The minimum atomic E-state index is -0.0619. The molecule has 0 aromatic heterocycles. The van der Waals surface area contributed by atoms with Gasteiger partial charge in [-0.05, 0) is 66.4 Å². The molecule has 5 nitrogen and oxygen atoms in total. The number of anilines is 1. The molecule has 0 fully saturated rings. The molecule has 2 N–H and O–H groups in total. The van der Waals surface area contributed by atoms with Crippen LogP contribution in [0, 0.1) is 5.92 Å². The number of benzene rings is 3. The van der Waals surface area contributed by atoms with E-state index in [4.69, 9.17) is 21.1 Å². The van der Waals surface area contributed by atoms with E-state index in [-0.39, 0.29) is 5.91 Å². The Morgan fingerprint density at radius 3 is 2.42 bits per heavy atom. The SMILES string of the molecule is CCOc1cc(CNc2cccc(C(=O)NCC(C)C)c2)ccc1OCc1ccc(Cl)cc1. The van der Waals surface area contributed by atoms with Gasteiger partial charge in [-0.1, -0.05) is 49.7 Å². The summed E-state index contributed by atoms with van der Waals surface area (Å²) in [6.45, 7) is 8.31. The molecule has 3 aromatic carbocycles. The van der Waals surface area contributed by atoms with Crippen LogP contribution in [-0.2, 0) is 13.2 Å². The Hall–Kier alpha value is -3.18. The Labute approximate surface area is 201 Å². The molecule has 3 aromatic rings. The van der Waals surface area contributed by atoms with Gasteiger partial charge in [-0.15, -0.1) is 0 Å². The smallest absolute Gasteiger partial charge is 0.251 e. The number of hydrogen-bond acceptors (Lipinski definition) is 4. The van der Waals surface area contributed by atoms with Crippen molar-refractivity contribution in [2.45, 2.75) is 33.9 Å². The lowest BCUT2D eigenvalue weighted by molar-refractivity contribution is 0.0949. The zero-order chi connectivity index (χ0) is 23.6. The number of halogens is 1. The average molecular weight is 467 g/mol. The Bertz CT molecular complexity index is 1050. The predicted molar refractivity (Wildman–Crippen MR) is 134 cm³/mol. The summed E-state index contributed by atoms with van der Waals surface area (Å²) < 4.78 is 11.8. The molecule has 174 valence electrons. The van der Waals surface area contributed by atoms with Gasteiger partial charge in [0, 0.05) is 29.4 Å². The van der Waals surface area contributed by atoms with E-state index in [1.807, 2.05) is 73.7 Å². The van der Waals surface area contributed by atoms with Crippen LogP contribution in [0.25, 0.3) is 0 Å². The van der Waals surface area contributed by atoms with Crippen LogP contribution in [0.5, 0.6) is 11.5 Å². The van der Waals surface area contributed by atoms with Crippen molar-refractivity contribution in [2.75, 3.05) is 18.5 Å². The fourth-order valence-electron chi connectivity index (χ4n) is 3.17. The van der Waals surface area contributed by atoms with E-state index in [1.165, 1.54) is 0 Å². The van der Waals surface area contributed by atoms with Crippen molar-refractivity contribution in [2.24, 2.45) is 5.92 Å². The maximum Gasteiger partial charge on any atom is 0.251 e. The fraction of sp³-hybridized carbons (Fsp3) is 0.296. The quantitative estimate of drug-likeness (QED) is 0.347. The van der Waals surface area contributed by atoms with Gasteiger partial charge in [0.05, 0.1) is 6.61 Å². The number of nitrogens with one attached hydrogen (secondary N) is 2. The number of amides is 1. The van der Waals surface area contributed by atoms with Crippen LogP contribution in [0.15, 0.2) is 66.7 Å². The number of carbonyl (C=O) groups is 1. The van der Waals surface area contributed by atoms with E-state index < -0.39 is 0 Å². The first-order chi connectivity index (χ1) is 15.9. The third kappa shape index (κ3) is 7.72. The van der Waals surface area contributed by atoms with Gasteiger partial charge in [-0.3, -0.25) is 4.79 Å². The first-order valence-electron chi connectivity index (χ1n) is 11.2. The van der Waals surface area contributed by atoms with Crippen molar-refractivity contribution in [3.63, 3.8) is 0 Å². The van der Waals surface area contributed by atoms with E-state index in [0.717, 1.165) is 16.8 Å². The maximum absolute atomic E-state index is 12.3. The van der Waals surface area contributed by atoms with Gasteiger partial charge < -0.3 is 20.1 Å². The highest BCUT2D eigenvalue weighted by molar-refractivity contribution is 6.30. The van der Waals surface area contributed by atoms with Gasteiger partial charge in [-0.25, -0.2) is 0 Å². The van der Waals surface area contributed by atoms with E-state index in [0.29, 0.717) is 54.3 Å². The van der Waals surface area contributed by atoms with Gasteiger partial charge in [0.1, 0.15) is 6.61 Å². The molecular formula is C27H31ClN2O3. The summed E-state index contributed by atoms with van der Waals surface area (Å²) in [5, 5.41) is 7.04. The molecule has 0 atom stereocenters. The van der Waals surface area contributed by atoms with Crippen LogP contribution in [0.1, 0.15) is 42.3 Å². The molecule has 1 amide bonds. The zero-order valence-electron chi connectivity index (χ0n) is 19.4. The van der Waals surface area contributed by atoms with Crippen LogP contribution < -0.4 is 20.1 Å². The number of rotatable bonds is 11. The second-order valence-corrected chi connectivity index (χ2v) is 8.60. The van der Waals surface area contributed by atoms with Gasteiger partial charge in [-0.2, -0.15) is 0 Å². The summed E-state index contributed by atoms with van der Waals surface area (Å²) in [7, 11) is 0. The van der Waals surface area contributed by atoms with Crippen LogP contribution in [0.2, 0.25) is 5.02 Å². The molecule has 0 spiro atoms. The van der Waals surface area contributed by atoms with Crippen LogP contribution in [-0.4, -0.2) is 19.1 Å². The lowest BCUT2D eigenvalue weighted by Gasteiger charge is -2.14. The Kier molecular flexibility index (Phi) is 9.02. The Balaban J connectivity index is 1.63. The van der Waals surface area contributed by atoms with Crippen molar-refractivity contribution in [1.82, 2.24) is 5.32 Å². The average Bonchev–Trinajstić information content (AvgIpc) is 2.82. The summed E-state index contributed by atoms with van der Waals surface area (Å²) in [6.07, 6.45) is 0. The lowest BCUT2D eigenvalue weighted by atomic mass is 10.1. The molecule has 0 heterocycles. The highest BCUT2D eigenvalue weighted by Crippen LogP contribution is 2.30. The summed E-state index contributed by atoms with van der Waals surface area (Å²) in [5.41, 5.74) is 3.60. The van der Waals surface area contributed by atoms with Gasteiger partial charge in [0.25, 0.3) is 5.91 Å². The fourth-order valence-corrected chi connectivity index (χ4v) is 3.29. The van der Waals surface area contributed by atoms with Crippen molar-refractivity contribution in [3.05, 3.63) is 88.4 Å². The molecular weight excluding hydrogens is 436 g/mol. The minimum absolute atomic E-state index is 0.0619. The molecule has 0 bridgehead atoms. The molecule has 33 heavy (non-hydrogen) atoms. The van der Waals surface area contributed by atoms with Crippen LogP contribution >= 0.6 is 11.6 Å². The summed E-state index contributed by atoms with van der Waals surface area (Å²) >= 11 is 5.95. The second-order valence-electron chi connectivity index (χ2n) is 8.17. The first-order valence-corrected chi connectivity index (χ1v) is 11.6. The topological polar surface area (TPSA) is 59.6 Å². The van der Waals surface area contributed by atoms with Crippen molar-refractivity contribution in [1.29, 1.82) is 0 Å². The largest absolute Gasteiger partial charge is 0.490 e.